The van der Waals surface area contributed by atoms with E-state index in [0.29, 0.717) is 12.5 Å². The second-order valence-corrected chi connectivity index (χ2v) is 6.66. The Hall–Kier alpha value is -0.810. The van der Waals surface area contributed by atoms with Crippen molar-refractivity contribution in [3.63, 3.8) is 0 Å². The van der Waals surface area contributed by atoms with Crippen LogP contribution < -0.4 is 11.1 Å². The average Bonchev–Trinajstić information content (AvgIpc) is 2.68. The zero-order chi connectivity index (χ0) is 13.6. The van der Waals surface area contributed by atoms with Crippen LogP contribution >= 0.6 is 0 Å². The largest absolute Gasteiger partial charge is 0.444 e. The van der Waals surface area contributed by atoms with E-state index >= 15 is 0 Å². The van der Waals surface area contributed by atoms with Gasteiger partial charge in [-0.15, -0.1) is 0 Å². The Kier molecular flexibility index (Phi) is 3.32. The predicted molar refractivity (Wildman–Crippen MR) is 70.3 cm³/mol. The number of fused-ring (bicyclic) bond motifs is 1. The summed E-state index contributed by atoms with van der Waals surface area (Å²) in [4.78, 5) is 13.9. The van der Waals surface area contributed by atoms with E-state index < -0.39 is 5.60 Å². The molecule has 2 aliphatic rings. The summed E-state index contributed by atoms with van der Waals surface area (Å²) in [6, 6.07) is 0.253. The molecule has 3 N–H and O–H groups in total. The van der Waals surface area contributed by atoms with E-state index in [0.717, 1.165) is 19.4 Å². The summed E-state index contributed by atoms with van der Waals surface area (Å²) in [6.07, 6.45) is 1.72. The summed E-state index contributed by atoms with van der Waals surface area (Å²) in [5.41, 5.74) is 5.60. The van der Waals surface area contributed by atoms with E-state index in [9.17, 15) is 4.79 Å². The highest BCUT2D eigenvalue weighted by molar-refractivity contribution is 5.69. The highest BCUT2D eigenvalue weighted by atomic mass is 16.6. The van der Waals surface area contributed by atoms with Crippen LogP contribution in [0, 0.1) is 5.92 Å². The molecule has 1 heterocycles. The van der Waals surface area contributed by atoms with E-state index in [4.69, 9.17) is 10.5 Å². The number of nitrogens with zero attached hydrogens (tertiary/aromatic N) is 1. The molecule has 0 aromatic carbocycles. The Bertz CT molecular complexity index is 340. The lowest BCUT2D eigenvalue weighted by Crippen LogP contribution is -2.49. The summed E-state index contributed by atoms with van der Waals surface area (Å²) in [7, 11) is 1.96. The molecule has 1 amide bonds. The maximum Gasteiger partial charge on any atom is 0.410 e. The monoisotopic (exact) mass is 255 g/mol. The molecule has 0 aromatic rings. The minimum Gasteiger partial charge on any atom is -0.444 e. The van der Waals surface area contributed by atoms with Gasteiger partial charge in [0.2, 0.25) is 0 Å². The van der Waals surface area contributed by atoms with Crippen molar-refractivity contribution >= 4 is 6.09 Å². The molecule has 0 bridgehead atoms. The third-order valence-electron chi connectivity index (χ3n) is 4.06. The number of carbonyl (C=O) groups is 1. The molecule has 1 aliphatic carbocycles. The van der Waals surface area contributed by atoms with Crippen LogP contribution in [0.4, 0.5) is 4.79 Å². The normalized spacial score (nSPS) is 35.7. The molecular formula is C13H25N3O2. The van der Waals surface area contributed by atoms with Crippen LogP contribution in [0.15, 0.2) is 0 Å². The summed E-state index contributed by atoms with van der Waals surface area (Å²) in [6.45, 7) is 7.14. The number of hydrogen-bond acceptors (Lipinski definition) is 4. The van der Waals surface area contributed by atoms with Crippen molar-refractivity contribution in [2.75, 3.05) is 20.1 Å². The quantitative estimate of drug-likeness (QED) is 0.731. The maximum atomic E-state index is 12.1. The topological polar surface area (TPSA) is 67.6 Å². The van der Waals surface area contributed by atoms with Gasteiger partial charge in [-0.2, -0.15) is 0 Å². The molecule has 104 valence electrons. The van der Waals surface area contributed by atoms with Crippen LogP contribution in [0.2, 0.25) is 0 Å². The van der Waals surface area contributed by atoms with Gasteiger partial charge in [0, 0.05) is 24.7 Å². The van der Waals surface area contributed by atoms with Gasteiger partial charge in [0.1, 0.15) is 5.60 Å². The molecule has 2 fully saturated rings. The lowest BCUT2D eigenvalue weighted by atomic mass is 9.91. The second kappa shape index (κ2) is 4.38. The number of ether oxygens (including phenoxy) is 1. The molecule has 1 saturated heterocycles. The Morgan fingerprint density at radius 1 is 1.50 bits per heavy atom. The Balaban J connectivity index is 2.02. The first-order valence-corrected chi connectivity index (χ1v) is 6.68. The summed E-state index contributed by atoms with van der Waals surface area (Å²) < 4.78 is 5.43. The highest BCUT2D eigenvalue weighted by Crippen LogP contribution is 2.41. The summed E-state index contributed by atoms with van der Waals surface area (Å²) in [5, 5.41) is 3.39. The Morgan fingerprint density at radius 2 is 2.17 bits per heavy atom. The molecule has 0 radical (unpaired) electrons. The highest BCUT2D eigenvalue weighted by Gasteiger charge is 2.52. The molecule has 2 rings (SSSR count). The van der Waals surface area contributed by atoms with Crippen LogP contribution in [0.3, 0.4) is 0 Å². The van der Waals surface area contributed by atoms with E-state index in [1.165, 1.54) is 0 Å². The number of likely N-dealkylation sites (N-methyl/N-ethyl adjacent to an activating group) is 1. The van der Waals surface area contributed by atoms with Crippen molar-refractivity contribution in [2.45, 2.75) is 50.8 Å². The standard InChI is InChI=1S/C13H25N3O2/c1-12(2,3)18-11(17)16-7-9-5-10(14)6-13(9,8-16)15-4/h9-10,15H,5-8,14H2,1-4H3/t9-,10+,13-/m0/s1. The Morgan fingerprint density at radius 3 is 2.67 bits per heavy atom. The van der Waals surface area contributed by atoms with Crippen LogP contribution in [0.5, 0.6) is 0 Å². The molecule has 0 spiro atoms. The van der Waals surface area contributed by atoms with E-state index in [2.05, 4.69) is 5.32 Å². The van der Waals surface area contributed by atoms with Crippen LogP contribution in [-0.2, 0) is 4.74 Å². The van der Waals surface area contributed by atoms with Gasteiger partial charge in [0.25, 0.3) is 0 Å². The first kappa shape index (κ1) is 13.6. The van der Waals surface area contributed by atoms with Crippen molar-refractivity contribution in [1.82, 2.24) is 10.2 Å². The predicted octanol–water partition coefficient (Wildman–Crippen LogP) is 0.933. The number of hydrogen-bond donors (Lipinski definition) is 2. The van der Waals surface area contributed by atoms with E-state index in [-0.39, 0.29) is 17.7 Å². The average molecular weight is 255 g/mol. The zero-order valence-electron chi connectivity index (χ0n) is 11.8. The van der Waals surface area contributed by atoms with Gasteiger partial charge in [-0.25, -0.2) is 4.79 Å². The molecule has 5 nitrogen and oxygen atoms in total. The third kappa shape index (κ3) is 2.47. The van der Waals surface area contributed by atoms with Gasteiger partial charge in [-0.1, -0.05) is 0 Å². The van der Waals surface area contributed by atoms with Gasteiger partial charge in [-0.3, -0.25) is 0 Å². The second-order valence-electron chi connectivity index (χ2n) is 6.66. The third-order valence-corrected chi connectivity index (χ3v) is 4.06. The molecule has 1 saturated carbocycles. The molecule has 18 heavy (non-hydrogen) atoms. The molecule has 3 atom stereocenters. The fourth-order valence-corrected chi connectivity index (χ4v) is 3.27. The van der Waals surface area contributed by atoms with Crippen molar-refractivity contribution < 1.29 is 9.53 Å². The van der Waals surface area contributed by atoms with Crippen LogP contribution in [0.25, 0.3) is 0 Å². The Labute approximate surface area is 109 Å². The molecule has 0 unspecified atom stereocenters. The van der Waals surface area contributed by atoms with Gasteiger partial charge < -0.3 is 20.7 Å². The van der Waals surface area contributed by atoms with Gasteiger partial charge in [0.05, 0.1) is 0 Å². The summed E-state index contributed by atoms with van der Waals surface area (Å²) >= 11 is 0. The first-order chi connectivity index (χ1) is 8.26. The molecule has 1 aliphatic heterocycles. The first-order valence-electron chi connectivity index (χ1n) is 6.68. The summed E-state index contributed by atoms with van der Waals surface area (Å²) in [5.74, 6) is 0.449. The number of amides is 1. The number of likely N-dealkylation sites (tertiary alicyclic amines) is 1. The molecule has 0 aromatic heterocycles. The maximum absolute atomic E-state index is 12.1. The van der Waals surface area contributed by atoms with E-state index in [1.54, 1.807) is 0 Å². The number of nitrogens with two attached hydrogens (primary N) is 1. The van der Waals surface area contributed by atoms with Crippen LogP contribution in [0.1, 0.15) is 33.6 Å². The minimum atomic E-state index is -0.433. The fourth-order valence-electron chi connectivity index (χ4n) is 3.27. The minimum absolute atomic E-state index is 0.00365. The van der Waals surface area contributed by atoms with Crippen molar-refractivity contribution in [3.8, 4) is 0 Å². The van der Waals surface area contributed by atoms with Gasteiger partial charge in [-0.05, 0) is 46.6 Å². The molecule has 5 heteroatoms. The number of carbonyl (C=O) groups excluding carboxylic acids is 1. The lowest BCUT2D eigenvalue weighted by Gasteiger charge is -2.29. The van der Waals surface area contributed by atoms with Crippen molar-refractivity contribution in [3.05, 3.63) is 0 Å². The van der Waals surface area contributed by atoms with Gasteiger partial charge in [0.15, 0.2) is 0 Å². The SMILES string of the molecule is CN[C@]12C[C@H](N)C[C@H]1CN(C(=O)OC(C)(C)C)C2. The van der Waals surface area contributed by atoms with Gasteiger partial charge >= 0.3 is 6.09 Å². The smallest absolute Gasteiger partial charge is 0.410 e. The molecular weight excluding hydrogens is 230 g/mol. The fraction of sp³-hybridized carbons (Fsp3) is 0.923. The number of rotatable bonds is 1. The van der Waals surface area contributed by atoms with Crippen molar-refractivity contribution in [1.29, 1.82) is 0 Å². The number of nitrogens with one attached hydrogen (secondary N) is 1. The van der Waals surface area contributed by atoms with E-state index in [1.807, 2.05) is 32.7 Å². The lowest BCUT2D eigenvalue weighted by molar-refractivity contribution is 0.0274. The van der Waals surface area contributed by atoms with Crippen LogP contribution in [-0.4, -0.2) is 48.3 Å². The zero-order valence-corrected chi connectivity index (χ0v) is 11.8. The van der Waals surface area contributed by atoms with Crippen molar-refractivity contribution in [2.24, 2.45) is 11.7 Å².